The summed E-state index contributed by atoms with van der Waals surface area (Å²) in [5, 5.41) is 8.75. The van der Waals surface area contributed by atoms with Gasteiger partial charge in [0, 0.05) is 19.5 Å². The van der Waals surface area contributed by atoms with E-state index in [1.165, 1.54) is 0 Å². The molecule has 1 heterocycles. The molecular formula is C10H17NO3. The van der Waals surface area contributed by atoms with E-state index in [0.717, 1.165) is 6.42 Å². The zero-order chi connectivity index (χ0) is 10.7. The van der Waals surface area contributed by atoms with Crippen LogP contribution in [0.15, 0.2) is 0 Å². The van der Waals surface area contributed by atoms with Crippen LogP contribution in [0.25, 0.3) is 0 Å². The summed E-state index contributed by atoms with van der Waals surface area (Å²) in [5.41, 5.74) is 0. The summed E-state index contributed by atoms with van der Waals surface area (Å²) in [4.78, 5) is 23.7. The number of carbonyl (C=O) groups is 2. The van der Waals surface area contributed by atoms with Crippen LogP contribution in [0.4, 0.5) is 0 Å². The summed E-state index contributed by atoms with van der Waals surface area (Å²) >= 11 is 0. The second-order valence-corrected chi connectivity index (χ2v) is 4.26. The number of likely N-dealkylation sites (tertiary alicyclic amines) is 1. The van der Waals surface area contributed by atoms with Crippen LogP contribution in [0.3, 0.4) is 0 Å². The van der Waals surface area contributed by atoms with Gasteiger partial charge in [-0.15, -0.1) is 0 Å². The predicted molar refractivity (Wildman–Crippen MR) is 51.8 cm³/mol. The molecule has 1 aliphatic heterocycles. The topological polar surface area (TPSA) is 57.6 Å². The van der Waals surface area contributed by atoms with Crippen LogP contribution in [0.2, 0.25) is 0 Å². The van der Waals surface area contributed by atoms with Crippen LogP contribution >= 0.6 is 0 Å². The van der Waals surface area contributed by atoms with E-state index < -0.39 is 11.9 Å². The fourth-order valence-corrected chi connectivity index (χ4v) is 1.57. The van der Waals surface area contributed by atoms with Gasteiger partial charge in [-0.05, 0) is 12.3 Å². The number of hydrogen-bond donors (Lipinski definition) is 1. The van der Waals surface area contributed by atoms with E-state index in [-0.39, 0.29) is 12.3 Å². The molecule has 0 unspecified atom stereocenters. The summed E-state index contributed by atoms with van der Waals surface area (Å²) in [6.07, 6.45) is 1.12. The highest BCUT2D eigenvalue weighted by Crippen LogP contribution is 2.18. The van der Waals surface area contributed by atoms with Crippen molar-refractivity contribution in [3.63, 3.8) is 0 Å². The largest absolute Gasteiger partial charge is 0.481 e. The molecule has 0 bridgehead atoms. The maximum atomic E-state index is 11.4. The van der Waals surface area contributed by atoms with Crippen molar-refractivity contribution in [1.29, 1.82) is 0 Å². The molecule has 1 N–H and O–H groups in total. The number of carbonyl (C=O) groups excluding carboxylic acids is 1. The minimum Gasteiger partial charge on any atom is -0.481 e. The lowest BCUT2D eigenvalue weighted by molar-refractivity contribution is -0.141. The smallest absolute Gasteiger partial charge is 0.308 e. The van der Waals surface area contributed by atoms with Gasteiger partial charge in [0.2, 0.25) is 5.91 Å². The standard InChI is InChI=1S/C10H17NO3/c1-7(2)3-4-11-6-8(10(13)14)5-9(11)12/h7-8H,3-6H2,1-2H3,(H,13,14)/t8-/m1/s1. The first kappa shape index (κ1) is 11.0. The zero-order valence-electron chi connectivity index (χ0n) is 8.69. The van der Waals surface area contributed by atoms with Crippen molar-refractivity contribution >= 4 is 11.9 Å². The maximum Gasteiger partial charge on any atom is 0.308 e. The molecule has 0 aliphatic carbocycles. The molecule has 1 fully saturated rings. The van der Waals surface area contributed by atoms with Crippen LogP contribution in [0.1, 0.15) is 26.7 Å². The van der Waals surface area contributed by atoms with Crippen molar-refractivity contribution in [2.75, 3.05) is 13.1 Å². The van der Waals surface area contributed by atoms with Gasteiger partial charge in [0.1, 0.15) is 0 Å². The lowest BCUT2D eigenvalue weighted by atomic mass is 10.1. The third-order valence-electron chi connectivity index (χ3n) is 2.54. The molecule has 0 aromatic rings. The van der Waals surface area contributed by atoms with Crippen LogP contribution in [0, 0.1) is 11.8 Å². The lowest BCUT2D eigenvalue weighted by Gasteiger charge is -2.16. The van der Waals surface area contributed by atoms with Gasteiger partial charge >= 0.3 is 5.97 Å². The molecule has 1 aliphatic rings. The molecule has 0 saturated carbocycles. The van der Waals surface area contributed by atoms with Gasteiger partial charge in [-0.2, -0.15) is 0 Å². The molecule has 4 heteroatoms. The van der Waals surface area contributed by atoms with E-state index in [0.29, 0.717) is 19.0 Å². The van der Waals surface area contributed by atoms with Gasteiger partial charge in [0.05, 0.1) is 5.92 Å². The SMILES string of the molecule is CC(C)CCN1C[C@H](C(=O)O)CC1=O. The van der Waals surface area contributed by atoms with Crippen molar-refractivity contribution in [2.45, 2.75) is 26.7 Å². The first-order valence-electron chi connectivity index (χ1n) is 5.01. The highest BCUT2D eigenvalue weighted by Gasteiger charge is 2.33. The number of hydrogen-bond acceptors (Lipinski definition) is 2. The van der Waals surface area contributed by atoms with Gasteiger partial charge in [-0.3, -0.25) is 9.59 Å². The molecule has 0 aromatic carbocycles. The Hall–Kier alpha value is -1.06. The minimum absolute atomic E-state index is 0.0157. The second kappa shape index (κ2) is 4.44. The van der Waals surface area contributed by atoms with Crippen LogP contribution in [0.5, 0.6) is 0 Å². The zero-order valence-corrected chi connectivity index (χ0v) is 8.69. The van der Waals surface area contributed by atoms with Gasteiger partial charge in [0.25, 0.3) is 0 Å². The number of aliphatic carboxylic acids is 1. The Morgan fingerprint density at radius 1 is 1.64 bits per heavy atom. The quantitative estimate of drug-likeness (QED) is 0.733. The van der Waals surface area contributed by atoms with Crippen LogP contribution < -0.4 is 0 Å². The summed E-state index contributed by atoms with van der Waals surface area (Å²) in [6, 6.07) is 0. The normalized spacial score (nSPS) is 22.1. The maximum absolute atomic E-state index is 11.4. The minimum atomic E-state index is -0.856. The molecule has 4 nitrogen and oxygen atoms in total. The van der Waals surface area contributed by atoms with E-state index in [1.54, 1.807) is 4.90 Å². The Morgan fingerprint density at radius 3 is 2.71 bits per heavy atom. The Bertz CT molecular complexity index is 238. The van der Waals surface area contributed by atoms with Crippen molar-refractivity contribution in [3.8, 4) is 0 Å². The van der Waals surface area contributed by atoms with Crippen LogP contribution in [-0.2, 0) is 9.59 Å². The van der Waals surface area contributed by atoms with E-state index in [1.807, 2.05) is 0 Å². The lowest BCUT2D eigenvalue weighted by Crippen LogP contribution is -2.28. The molecule has 1 saturated heterocycles. The van der Waals surface area contributed by atoms with Gasteiger partial charge in [-0.1, -0.05) is 13.8 Å². The summed E-state index contributed by atoms with van der Waals surface area (Å²) in [6.45, 7) is 5.27. The van der Waals surface area contributed by atoms with E-state index in [4.69, 9.17) is 5.11 Å². The number of amides is 1. The Balaban J connectivity index is 2.41. The molecule has 1 rings (SSSR count). The molecular weight excluding hydrogens is 182 g/mol. The van der Waals surface area contributed by atoms with Crippen molar-refractivity contribution in [1.82, 2.24) is 4.90 Å². The van der Waals surface area contributed by atoms with Gasteiger partial charge in [-0.25, -0.2) is 0 Å². The van der Waals surface area contributed by atoms with E-state index >= 15 is 0 Å². The van der Waals surface area contributed by atoms with Crippen molar-refractivity contribution < 1.29 is 14.7 Å². The average molecular weight is 199 g/mol. The number of rotatable bonds is 4. The third kappa shape index (κ3) is 2.72. The fraction of sp³-hybridized carbons (Fsp3) is 0.800. The molecule has 14 heavy (non-hydrogen) atoms. The third-order valence-corrected chi connectivity index (χ3v) is 2.54. The Labute approximate surface area is 83.9 Å². The second-order valence-electron chi connectivity index (χ2n) is 4.26. The van der Waals surface area contributed by atoms with Crippen molar-refractivity contribution in [2.24, 2.45) is 11.8 Å². The number of nitrogens with zero attached hydrogens (tertiary/aromatic N) is 1. The highest BCUT2D eigenvalue weighted by atomic mass is 16.4. The Morgan fingerprint density at radius 2 is 2.29 bits per heavy atom. The summed E-state index contributed by atoms with van der Waals surface area (Å²) in [7, 11) is 0. The summed E-state index contributed by atoms with van der Waals surface area (Å²) < 4.78 is 0. The molecule has 80 valence electrons. The van der Waals surface area contributed by atoms with Gasteiger partial charge < -0.3 is 10.0 Å². The van der Waals surface area contributed by atoms with Crippen LogP contribution in [-0.4, -0.2) is 35.0 Å². The highest BCUT2D eigenvalue weighted by molar-refractivity contribution is 5.86. The monoisotopic (exact) mass is 199 g/mol. The van der Waals surface area contributed by atoms with Crippen molar-refractivity contribution in [3.05, 3.63) is 0 Å². The van der Waals surface area contributed by atoms with E-state index in [9.17, 15) is 9.59 Å². The molecule has 0 aromatic heterocycles. The molecule has 0 radical (unpaired) electrons. The first-order chi connectivity index (χ1) is 6.50. The van der Waals surface area contributed by atoms with Gasteiger partial charge in [0.15, 0.2) is 0 Å². The number of carboxylic acids is 1. The average Bonchev–Trinajstić information content (AvgIpc) is 2.43. The first-order valence-corrected chi connectivity index (χ1v) is 5.01. The summed E-state index contributed by atoms with van der Waals surface area (Å²) in [5.74, 6) is -0.815. The predicted octanol–water partition coefficient (Wildman–Crippen LogP) is 0.966. The Kier molecular flexibility index (Phi) is 3.49. The van der Waals surface area contributed by atoms with E-state index in [2.05, 4.69) is 13.8 Å². The number of carboxylic acid groups (broad SMARTS) is 1. The molecule has 1 atom stereocenters. The fourth-order valence-electron chi connectivity index (χ4n) is 1.57. The molecule has 1 amide bonds. The molecule has 0 spiro atoms.